The summed E-state index contributed by atoms with van der Waals surface area (Å²) in [7, 11) is 0. The van der Waals surface area contributed by atoms with Crippen LogP contribution in [0.2, 0.25) is 0 Å². The van der Waals surface area contributed by atoms with Crippen LogP contribution in [0.1, 0.15) is 41.9 Å². The van der Waals surface area contributed by atoms with Gasteiger partial charge in [-0.05, 0) is 31.5 Å². The first-order valence-corrected chi connectivity index (χ1v) is 11.5. The molecule has 2 heterocycles. The minimum absolute atomic E-state index is 0.0423. The Morgan fingerprint density at radius 3 is 2.55 bits per heavy atom. The van der Waals surface area contributed by atoms with E-state index in [0.717, 1.165) is 17.1 Å². The quantitative estimate of drug-likeness (QED) is 0.463. The zero-order valence-electron chi connectivity index (χ0n) is 21.4. The summed E-state index contributed by atoms with van der Waals surface area (Å²) in [5, 5.41) is 26.0. The fourth-order valence-corrected chi connectivity index (χ4v) is 3.45. The van der Waals surface area contributed by atoms with Crippen molar-refractivity contribution < 1.29 is 32.2 Å². The summed E-state index contributed by atoms with van der Waals surface area (Å²) >= 11 is 0. The highest BCUT2D eigenvalue weighted by molar-refractivity contribution is 6.07. The van der Waals surface area contributed by atoms with Gasteiger partial charge in [0.15, 0.2) is 12.4 Å². The average Bonchev–Trinajstić information content (AvgIpc) is 3.19. The van der Waals surface area contributed by atoms with Crippen LogP contribution in [0.25, 0.3) is 0 Å². The molecule has 0 spiro atoms. The highest BCUT2D eigenvalue weighted by Crippen LogP contribution is 2.35. The molecule has 0 unspecified atom stereocenters. The summed E-state index contributed by atoms with van der Waals surface area (Å²) in [6, 6.07) is 5.18. The summed E-state index contributed by atoms with van der Waals surface area (Å²) in [5.74, 6) is -2.37. The molecule has 0 aliphatic carbocycles. The van der Waals surface area contributed by atoms with E-state index in [4.69, 9.17) is 10.00 Å². The molecule has 0 saturated carbocycles. The van der Waals surface area contributed by atoms with Gasteiger partial charge in [0.2, 0.25) is 0 Å². The van der Waals surface area contributed by atoms with Gasteiger partial charge in [-0.2, -0.15) is 23.5 Å². The number of pyridine rings is 1. The van der Waals surface area contributed by atoms with E-state index < -0.39 is 42.4 Å². The molecule has 1 aliphatic heterocycles. The maximum Gasteiger partial charge on any atom is 0.422 e. The molecule has 0 bridgehead atoms. The Morgan fingerprint density at radius 2 is 1.97 bits per heavy atom. The van der Waals surface area contributed by atoms with Crippen LogP contribution in [0, 0.1) is 31.0 Å². The summed E-state index contributed by atoms with van der Waals surface area (Å²) in [6.45, 7) is 8.89. The zero-order valence-corrected chi connectivity index (χ0v) is 21.4. The molecule has 38 heavy (non-hydrogen) atoms. The first-order valence-electron chi connectivity index (χ1n) is 11.5. The number of alkyl halides is 3. The van der Waals surface area contributed by atoms with E-state index >= 15 is 4.39 Å². The number of amidine groups is 1. The van der Waals surface area contributed by atoms with Gasteiger partial charge in [-0.15, -0.1) is 0 Å². The van der Waals surface area contributed by atoms with Crippen LogP contribution in [0.15, 0.2) is 41.9 Å². The summed E-state index contributed by atoms with van der Waals surface area (Å²) in [5.41, 5.74) is 0.567. The Kier molecular flexibility index (Phi) is 10.2. The number of nitrogens with one attached hydrogen (secondary N) is 1. The Labute approximate surface area is 217 Å². The number of nitrogens with zero attached hydrogens (tertiary/aromatic N) is 5. The number of halogens is 4. The number of carbonyl (C=O) groups excluding carboxylic acids is 1. The predicted molar refractivity (Wildman–Crippen MR) is 134 cm³/mol. The minimum atomic E-state index is -4.73. The fourth-order valence-electron chi connectivity index (χ4n) is 3.45. The number of aryl methyl sites for hydroxylation is 2. The second-order valence-electron chi connectivity index (χ2n) is 7.71. The number of ether oxygens (including phenoxy) is 1. The van der Waals surface area contributed by atoms with Gasteiger partial charge in [0.05, 0.1) is 29.4 Å². The molecule has 1 aromatic heterocycles. The van der Waals surface area contributed by atoms with Crippen molar-refractivity contribution in [3.8, 4) is 11.8 Å². The van der Waals surface area contributed by atoms with E-state index in [0.29, 0.717) is 16.9 Å². The Bertz CT molecular complexity index is 1240. The number of aromatic nitrogens is 1. The first-order chi connectivity index (χ1) is 18.0. The Hall–Kier alpha value is -4.18. The lowest BCUT2D eigenvalue weighted by Crippen LogP contribution is -2.31. The number of nitriles is 1. The molecule has 3 rings (SSSR count). The molecule has 1 amide bonds. The normalized spacial score (nSPS) is 12.9. The van der Waals surface area contributed by atoms with Crippen molar-refractivity contribution in [3.05, 3.63) is 59.4 Å². The Morgan fingerprint density at radius 1 is 1.29 bits per heavy atom. The number of rotatable bonds is 8. The van der Waals surface area contributed by atoms with Gasteiger partial charge in [-0.25, -0.2) is 9.40 Å². The molecule has 204 valence electrons. The molecule has 0 radical (unpaired) electrons. The van der Waals surface area contributed by atoms with Crippen molar-refractivity contribution in [1.29, 1.82) is 5.26 Å². The van der Waals surface area contributed by atoms with Crippen molar-refractivity contribution in [2.24, 2.45) is 5.10 Å². The SMILES string of the molecule is C=C1N(CCC#N)C(CO)=NN1c1cc(OCC(F)(F)F)c(C(=O)Nc2c(C)ccnc2C)cc1F.CC. The second-order valence-corrected chi connectivity index (χ2v) is 7.71. The third-order valence-electron chi connectivity index (χ3n) is 5.17. The van der Waals surface area contributed by atoms with Crippen LogP contribution in [-0.2, 0) is 0 Å². The van der Waals surface area contributed by atoms with Crippen molar-refractivity contribution in [3.63, 3.8) is 0 Å². The molecule has 2 N–H and O–H groups in total. The van der Waals surface area contributed by atoms with Crippen molar-refractivity contribution in [1.82, 2.24) is 9.88 Å². The van der Waals surface area contributed by atoms with Crippen molar-refractivity contribution in [2.75, 3.05) is 30.1 Å². The fraction of sp³-hybridized carbons (Fsp3) is 0.360. The average molecular weight is 537 g/mol. The van der Waals surface area contributed by atoms with Crippen LogP contribution in [0.4, 0.5) is 28.9 Å². The number of benzene rings is 1. The van der Waals surface area contributed by atoms with E-state index in [2.05, 4.69) is 22.0 Å². The van der Waals surface area contributed by atoms with E-state index in [1.165, 1.54) is 11.1 Å². The number of aliphatic hydroxyl groups is 1. The third kappa shape index (κ3) is 6.98. The predicted octanol–water partition coefficient (Wildman–Crippen LogP) is 4.87. The molecule has 1 aromatic carbocycles. The van der Waals surface area contributed by atoms with Gasteiger partial charge in [-0.3, -0.25) is 9.78 Å². The van der Waals surface area contributed by atoms with Gasteiger partial charge in [0.1, 0.15) is 29.7 Å². The van der Waals surface area contributed by atoms with Gasteiger partial charge in [0.25, 0.3) is 5.91 Å². The van der Waals surface area contributed by atoms with Gasteiger partial charge < -0.3 is 20.1 Å². The number of aliphatic hydroxyl groups excluding tert-OH is 1. The molecular weight excluding hydrogens is 508 g/mol. The summed E-state index contributed by atoms with van der Waals surface area (Å²) in [6.07, 6.45) is -3.16. The van der Waals surface area contributed by atoms with Crippen molar-refractivity contribution >= 4 is 23.1 Å². The number of hydrogen-bond acceptors (Lipinski definition) is 8. The van der Waals surface area contributed by atoms with E-state index in [9.17, 15) is 23.1 Å². The molecule has 1 aliphatic rings. The number of anilines is 2. The van der Waals surface area contributed by atoms with Crippen molar-refractivity contribution in [2.45, 2.75) is 40.3 Å². The van der Waals surface area contributed by atoms with Crippen LogP contribution < -0.4 is 15.1 Å². The maximum atomic E-state index is 15.2. The summed E-state index contributed by atoms with van der Waals surface area (Å²) < 4.78 is 58.9. The number of amides is 1. The van der Waals surface area contributed by atoms with Gasteiger partial charge >= 0.3 is 6.18 Å². The highest BCUT2D eigenvalue weighted by Gasteiger charge is 2.33. The molecule has 0 saturated heterocycles. The number of hydrogen-bond donors (Lipinski definition) is 2. The molecule has 9 nitrogen and oxygen atoms in total. The Balaban J connectivity index is 0.00000247. The van der Waals surface area contributed by atoms with Crippen LogP contribution in [0.3, 0.4) is 0 Å². The minimum Gasteiger partial charge on any atom is -0.483 e. The van der Waals surface area contributed by atoms with Crippen LogP contribution in [-0.4, -0.2) is 52.7 Å². The third-order valence-corrected chi connectivity index (χ3v) is 5.17. The molecule has 13 heteroatoms. The lowest BCUT2D eigenvalue weighted by molar-refractivity contribution is -0.153. The molecule has 0 atom stereocenters. The number of hydrazone groups is 1. The summed E-state index contributed by atoms with van der Waals surface area (Å²) in [4.78, 5) is 18.4. The van der Waals surface area contributed by atoms with E-state index in [1.54, 1.807) is 19.9 Å². The maximum absolute atomic E-state index is 15.2. The standard InChI is InChI=1S/C23H22F4N6O3.C2H6/c1-13-5-7-29-14(2)21(13)30-22(35)16-9-17(24)18(10-19(16)36-12-23(25,26)27)33-15(3)32(8-4-6-28)20(11-34)31-33;1-2/h5,7,9-10,34H,3-4,8,11-12H2,1-2H3,(H,30,35);1-2H3. The monoisotopic (exact) mass is 536 g/mol. The lowest BCUT2D eigenvalue weighted by Gasteiger charge is -2.23. The topological polar surface area (TPSA) is 114 Å². The first kappa shape index (κ1) is 30.0. The molecule has 2 aromatic rings. The second kappa shape index (κ2) is 12.9. The largest absolute Gasteiger partial charge is 0.483 e. The lowest BCUT2D eigenvalue weighted by atomic mass is 10.1. The van der Waals surface area contributed by atoms with Crippen LogP contribution >= 0.6 is 0 Å². The van der Waals surface area contributed by atoms with Gasteiger partial charge in [-0.1, -0.05) is 20.4 Å². The number of carbonyl (C=O) groups is 1. The smallest absolute Gasteiger partial charge is 0.422 e. The van der Waals surface area contributed by atoms with Gasteiger partial charge in [0, 0.05) is 18.8 Å². The van der Waals surface area contributed by atoms with E-state index in [-0.39, 0.29) is 30.3 Å². The zero-order chi connectivity index (χ0) is 28.6. The van der Waals surface area contributed by atoms with Crippen LogP contribution in [0.5, 0.6) is 5.75 Å². The molecule has 0 fully saturated rings. The highest BCUT2D eigenvalue weighted by atomic mass is 19.4. The molecular formula is C25H28F4N6O3. The van der Waals surface area contributed by atoms with E-state index in [1.807, 2.05) is 19.9 Å².